The van der Waals surface area contributed by atoms with Crippen molar-refractivity contribution in [1.29, 1.82) is 0 Å². The molecular weight excluding hydrogens is 304 g/mol. The van der Waals surface area contributed by atoms with Crippen LogP contribution >= 0.6 is 0 Å². The number of hydrogen-bond donors (Lipinski definition) is 1. The highest BCUT2D eigenvalue weighted by Gasteiger charge is 2.31. The molecule has 5 heteroatoms. The normalized spacial score (nSPS) is 13.0. The van der Waals surface area contributed by atoms with Gasteiger partial charge in [-0.1, -0.05) is 24.8 Å². The molecule has 0 radical (unpaired) electrons. The van der Waals surface area contributed by atoms with E-state index in [1.807, 2.05) is 12.1 Å². The second-order valence-electron chi connectivity index (χ2n) is 5.57. The Morgan fingerprint density at radius 1 is 1.04 bits per heavy atom. The lowest BCUT2D eigenvalue weighted by Crippen LogP contribution is -2.32. The fourth-order valence-corrected chi connectivity index (χ4v) is 2.63. The third kappa shape index (κ3) is 2.84. The van der Waals surface area contributed by atoms with E-state index >= 15 is 0 Å². The molecule has 0 atom stereocenters. The second kappa shape index (κ2) is 6.12. The number of rotatable bonds is 4. The first kappa shape index (κ1) is 15.7. The highest BCUT2D eigenvalue weighted by Crippen LogP contribution is 2.30. The van der Waals surface area contributed by atoms with Crippen molar-refractivity contribution in [3.05, 3.63) is 71.8 Å². The molecule has 0 aromatic heterocycles. The second-order valence-corrected chi connectivity index (χ2v) is 5.57. The third-order valence-corrected chi connectivity index (χ3v) is 3.92. The molecular formula is C19H16N2O3. The topological polar surface area (TPSA) is 66.5 Å². The number of anilines is 1. The molecule has 2 aromatic carbocycles. The monoisotopic (exact) mass is 320 g/mol. The molecule has 2 amide bonds. The first-order valence-corrected chi connectivity index (χ1v) is 7.48. The quantitative estimate of drug-likeness (QED) is 0.881. The van der Waals surface area contributed by atoms with Gasteiger partial charge in [-0.25, -0.2) is 0 Å². The highest BCUT2D eigenvalue weighted by molar-refractivity contribution is 6.11. The first-order valence-electron chi connectivity index (χ1n) is 7.48. The van der Waals surface area contributed by atoms with Crippen molar-refractivity contribution >= 4 is 29.0 Å². The molecule has 0 saturated carbocycles. The number of ketones is 1. The van der Waals surface area contributed by atoms with Gasteiger partial charge in [-0.2, -0.15) is 0 Å². The molecule has 0 fully saturated rings. The number of nitrogens with zero attached hydrogens (tertiary/aromatic N) is 1. The molecule has 24 heavy (non-hydrogen) atoms. The van der Waals surface area contributed by atoms with Gasteiger partial charge in [0.1, 0.15) is 6.54 Å². The lowest BCUT2D eigenvalue weighted by molar-refractivity contribution is -0.116. The first-order chi connectivity index (χ1) is 11.5. The van der Waals surface area contributed by atoms with Crippen molar-refractivity contribution in [1.82, 2.24) is 4.90 Å². The van der Waals surface area contributed by atoms with Crippen LogP contribution in [0.2, 0.25) is 0 Å². The summed E-state index contributed by atoms with van der Waals surface area (Å²) >= 11 is 0. The standard InChI is InChI=1S/C19H16N2O3/c1-12-16-5-3-4-6-17(16)19(24)21(12)11-18(23)20-15-9-7-14(8-10-15)13(2)22/h3-10H,1,11H2,2H3,(H,20,23). The summed E-state index contributed by atoms with van der Waals surface area (Å²) in [5, 5.41) is 2.72. The summed E-state index contributed by atoms with van der Waals surface area (Å²) in [6.07, 6.45) is 0. The molecule has 0 saturated heterocycles. The number of amides is 2. The zero-order valence-electron chi connectivity index (χ0n) is 13.2. The number of benzene rings is 2. The summed E-state index contributed by atoms with van der Waals surface area (Å²) in [5.41, 5.74) is 2.98. The molecule has 0 aliphatic carbocycles. The van der Waals surface area contributed by atoms with Crippen LogP contribution in [0.1, 0.15) is 33.2 Å². The van der Waals surface area contributed by atoms with Gasteiger partial charge in [0.05, 0.1) is 0 Å². The molecule has 2 aromatic rings. The van der Waals surface area contributed by atoms with Crippen LogP contribution in [0.4, 0.5) is 5.69 Å². The lowest BCUT2D eigenvalue weighted by Gasteiger charge is -2.17. The molecule has 0 spiro atoms. The summed E-state index contributed by atoms with van der Waals surface area (Å²) < 4.78 is 0. The van der Waals surface area contributed by atoms with Crippen molar-refractivity contribution in [2.24, 2.45) is 0 Å². The van der Waals surface area contributed by atoms with Crippen LogP contribution in [0.25, 0.3) is 5.70 Å². The van der Waals surface area contributed by atoms with Gasteiger partial charge in [0.2, 0.25) is 5.91 Å². The Morgan fingerprint density at radius 2 is 1.67 bits per heavy atom. The molecule has 1 heterocycles. The van der Waals surface area contributed by atoms with E-state index in [0.717, 1.165) is 5.56 Å². The lowest BCUT2D eigenvalue weighted by atomic mass is 10.1. The number of hydrogen-bond acceptors (Lipinski definition) is 3. The molecule has 1 aliphatic heterocycles. The molecule has 1 N–H and O–H groups in total. The van der Waals surface area contributed by atoms with Crippen molar-refractivity contribution < 1.29 is 14.4 Å². The zero-order valence-corrected chi connectivity index (χ0v) is 13.2. The van der Waals surface area contributed by atoms with Crippen molar-refractivity contribution in [2.45, 2.75) is 6.92 Å². The summed E-state index contributed by atoms with van der Waals surface area (Å²) in [6, 6.07) is 13.8. The summed E-state index contributed by atoms with van der Waals surface area (Å²) in [7, 11) is 0. The van der Waals surface area contributed by atoms with Gasteiger partial charge in [-0.15, -0.1) is 0 Å². The highest BCUT2D eigenvalue weighted by atomic mass is 16.2. The maximum Gasteiger partial charge on any atom is 0.259 e. The van der Waals surface area contributed by atoms with Gasteiger partial charge in [0.15, 0.2) is 5.78 Å². The van der Waals surface area contributed by atoms with E-state index in [9.17, 15) is 14.4 Å². The van der Waals surface area contributed by atoms with E-state index in [1.54, 1.807) is 36.4 Å². The molecule has 0 unspecified atom stereocenters. The van der Waals surface area contributed by atoms with Gasteiger partial charge in [-0.3, -0.25) is 19.3 Å². The van der Waals surface area contributed by atoms with E-state index in [-0.39, 0.29) is 24.1 Å². The SMILES string of the molecule is C=C1c2ccccc2C(=O)N1CC(=O)Nc1ccc(C(C)=O)cc1. The predicted octanol–water partition coefficient (Wildman–Crippen LogP) is 2.95. The molecule has 5 nitrogen and oxygen atoms in total. The number of carbonyl (C=O) groups is 3. The Bertz CT molecular complexity index is 818. The summed E-state index contributed by atoms with van der Waals surface area (Å²) in [4.78, 5) is 37.2. The average Bonchev–Trinajstić information content (AvgIpc) is 2.81. The van der Waals surface area contributed by atoms with Gasteiger partial charge in [0.25, 0.3) is 5.91 Å². The third-order valence-electron chi connectivity index (χ3n) is 3.92. The van der Waals surface area contributed by atoms with Gasteiger partial charge in [0, 0.05) is 28.1 Å². The fraction of sp³-hybridized carbons (Fsp3) is 0.105. The minimum absolute atomic E-state index is 0.0374. The Hall–Kier alpha value is -3.21. The Labute approximate surface area is 139 Å². The van der Waals surface area contributed by atoms with Crippen LogP contribution in [-0.2, 0) is 4.79 Å². The summed E-state index contributed by atoms with van der Waals surface area (Å²) in [5.74, 6) is -0.588. The molecule has 0 bridgehead atoms. The van der Waals surface area contributed by atoms with Gasteiger partial charge >= 0.3 is 0 Å². The van der Waals surface area contributed by atoms with E-state index in [2.05, 4.69) is 11.9 Å². The van der Waals surface area contributed by atoms with Crippen LogP contribution in [0, 0.1) is 0 Å². The maximum absolute atomic E-state index is 12.4. The largest absolute Gasteiger partial charge is 0.325 e. The fourth-order valence-electron chi connectivity index (χ4n) is 2.63. The Morgan fingerprint density at radius 3 is 2.25 bits per heavy atom. The number of carbonyl (C=O) groups excluding carboxylic acids is 3. The predicted molar refractivity (Wildman–Crippen MR) is 91.6 cm³/mol. The van der Waals surface area contributed by atoms with E-state index in [4.69, 9.17) is 0 Å². The van der Waals surface area contributed by atoms with Gasteiger partial charge in [-0.05, 0) is 37.3 Å². The Kier molecular flexibility index (Phi) is 4.00. The number of nitrogens with one attached hydrogen (secondary N) is 1. The zero-order chi connectivity index (χ0) is 17.3. The molecule has 1 aliphatic rings. The van der Waals surface area contributed by atoms with Crippen LogP contribution in [0.5, 0.6) is 0 Å². The smallest absolute Gasteiger partial charge is 0.259 e. The van der Waals surface area contributed by atoms with Crippen LogP contribution in [0.15, 0.2) is 55.1 Å². The minimum atomic E-state index is -0.326. The van der Waals surface area contributed by atoms with E-state index in [0.29, 0.717) is 22.5 Å². The van der Waals surface area contributed by atoms with E-state index < -0.39 is 0 Å². The van der Waals surface area contributed by atoms with Crippen molar-refractivity contribution in [3.8, 4) is 0 Å². The maximum atomic E-state index is 12.4. The molecule has 3 rings (SSSR count). The number of fused-ring (bicyclic) bond motifs is 1. The van der Waals surface area contributed by atoms with Crippen LogP contribution in [0.3, 0.4) is 0 Å². The minimum Gasteiger partial charge on any atom is -0.325 e. The van der Waals surface area contributed by atoms with Crippen molar-refractivity contribution in [3.63, 3.8) is 0 Å². The van der Waals surface area contributed by atoms with Crippen molar-refractivity contribution in [2.75, 3.05) is 11.9 Å². The number of Topliss-reactive ketones (excluding diaryl/α,β-unsaturated/α-hetero) is 1. The van der Waals surface area contributed by atoms with Crippen LogP contribution < -0.4 is 5.32 Å². The summed E-state index contributed by atoms with van der Waals surface area (Å²) in [6.45, 7) is 5.28. The molecule has 120 valence electrons. The van der Waals surface area contributed by atoms with Crippen LogP contribution in [-0.4, -0.2) is 29.0 Å². The van der Waals surface area contributed by atoms with Gasteiger partial charge < -0.3 is 5.32 Å². The average molecular weight is 320 g/mol. The Balaban J connectivity index is 1.69. The van der Waals surface area contributed by atoms with E-state index in [1.165, 1.54) is 11.8 Å².